The molecule has 4 amide bonds. The summed E-state index contributed by atoms with van der Waals surface area (Å²) in [6, 6.07) is 0. The molecule has 0 saturated heterocycles. The molecule has 16 heteroatoms. The zero-order valence-corrected chi connectivity index (χ0v) is 30.4. The highest BCUT2D eigenvalue weighted by molar-refractivity contribution is 8.09. The smallest absolute Gasteiger partial charge is 0.429 e. The van der Waals surface area contributed by atoms with Crippen molar-refractivity contribution in [1.29, 1.82) is 0 Å². The minimum atomic E-state index is -1.93. The highest BCUT2D eigenvalue weighted by atomic mass is 32.2. The highest BCUT2D eigenvalue weighted by Crippen LogP contribution is 2.24. The number of rotatable bonds is 18. The number of nitrogens with zero attached hydrogens (tertiary/aromatic N) is 4. The van der Waals surface area contributed by atoms with Crippen LogP contribution < -0.4 is 0 Å². The number of hydrogen-bond acceptors (Lipinski definition) is 8. The van der Waals surface area contributed by atoms with Crippen LogP contribution in [0.2, 0.25) is 0 Å². The summed E-state index contributed by atoms with van der Waals surface area (Å²) in [5.41, 5.74) is -0.767. The summed E-state index contributed by atoms with van der Waals surface area (Å²) in [5, 5.41) is -2.11. The fourth-order valence-corrected chi connectivity index (χ4v) is 9.77. The van der Waals surface area contributed by atoms with Gasteiger partial charge in [0.15, 0.2) is 11.5 Å². The molecule has 4 unspecified atom stereocenters. The quantitative estimate of drug-likeness (QED) is 0.155. The van der Waals surface area contributed by atoms with Crippen LogP contribution in [0.1, 0.15) is 68.2 Å². The number of amides is 4. The summed E-state index contributed by atoms with van der Waals surface area (Å²) in [7, 11) is 0. The van der Waals surface area contributed by atoms with Crippen molar-refractivity contribution in [3.8, 4) is 0 Å². The second-order valence-electron chi connectivity index (χ2n) is 10.5. The molecule has 43 heavy (non-hydrogen) atoms. The molecule has 0 aromatic carbocycles. The van der Waals surface area contributed by atoms with E-state index in [1.807, 2.05) is 0 Å². The van der Waals surface area contributed by atoms with Crippen molar-refractivity contribution in [2.24, 2.45) is 5.41 Å². The number of carbonyl (C=O) groups is 4. The normalized spacial score (nSPS) is 14.4. The minimum absolute atomic E-state index is 0.00211. The Morgan fingerprint density at radius 1 is 0.488 bits per heavy atom. The van der Waals surface area contributed by atoms with Crippen molar-refractivity contribution in [1.82, 2.24) is 19.6 Å². The number of unbranched alkanes of at least 4 members (excludes halogenated alkanes) is 1. The average Bonchev–Trinajstić information content (AvgIpc) is 2.97. The van der Waals surface area contributed by atoms with E-state index in [2.05, 4.69) is 0 Å². The monoisotopic (exact) mass is 688 g/mol. The Labute approximate surface area is 270 Å². The summed E-state index contributed by atoms with van der Waals surface area (Å²) >= 11 is -7.45. The first-order valence-electron chi connectivity index (χ1n) is 14.8. The van der Waals surface area contributed by atoms with Crippen molar-refractivity contribution in [3.63, 3.8) is 0 Å². The van der Waals surface area contributed by atoms with Crippen molar-refractivity contribution in [3.05, 3.63) is 0 Å². The second kappa shape index (κ2) is 21.8. The lowest BCUT2D eigenvalue weighted by atomic mass is 10.0. The Balaban J connectivity index is 4.84. The van der Waals surface area contributed by atoms with Crippen LogP contribution in [0, 0.1) is 5.41 Å². The van der Waals surface area contributed by atoms with Crippen LogP contribution in [0.5, 0.6) is 0 Å². The van der Waals surface area contributed by atoms with Crippen LogP contribution in [0.3, 0.4) is 0 Å². The maximum atomic E-state index is 12.9. The molecule has 0 saturated carbocycles. The summed E-state index contributed by atoms with van der Waals surface area (Å²) in [5.74, 6) is -0.367. The maximum Gasteiger partial charge on any atom is 0.429 e. The van der Waals surface area contributed by atoms with Gasteiger partial charge in [-0.15, -0.1) is 0 Å². The van der Waals surface area contributed by atoms with Crippen LogP contribution in [-0.2, 0) is 44.7 Å². The van der Waals surface area contributed by atoms with Crippen molar-refractivity contribution >= 4 is 65.7 Å². The molecule has 0 aliphatic carbocycles. The van der Waals surface area contributed by atoms with E-state index in [-0.39, 0.29) is 23.0 Å². The largest absolute Gasteiger partial charge is 0.608 e. The van der Waals surface area contributed by atoms with E-state index in [9.17, 15) is 37.4 Å². The molecule has 0 bridgehead atoms. The van der Waals surface area contributed by atoms with Crippen LogP contribution in [0.4, 0.5) is 19.2 Å². The molecule has 0 rings (SSSR count). The SMILES string of the molecule is CCN(CC)C(=O)[S+]([O-])CC[S+]([O-])C(=O)N(CC)CCCCN(CC)C(=O)[S+]([O-])CC(C)(C)C[S+]([O-])C(=O)N(CC)CC. The van der Waals surface area contributed by atoms with Gasteiger partial charge in [-0.3, -0.25) is 19.6 Å². The lowest BCUT2D eigenvalue weighted by Gasteiger charge is -2.28. The van der Waals surface area contributed by atoms with Gasteiger partial charge in [0.05, 0.1) is 27.8 Å². The molecule has 12 nitrogen and oxygen atoms in total. The van der Waals surface area contributed by atoms with Gasteiger partial charge in [0.1, 0.15) is 11.5 Å². The number of hydrogen-bond donors (Lipinski definition) is 0. The minimum Gasteiger partial charge on any atom is -0.608 e. The summed E-state index contributed by atoms with van der Waals surface area (Å²) in [6.45, 7) is 17.2. The van der Waals surface area contributed by atoms with Gasteiger partial charge in [0, 0.05) is 74.7 Å². The molecule has 0 N–H and O–H groups in total. The lowest BCUT2D eigenvalue weighted by molar-refractivity contribution is 0.214. The third-order valence-electron chi connectivity index (χ3n) is 6.71. The average molecular weight is 689 g/mol. The van der Waals surface area contributed by atoms with E-state index in [0.29, 0.717) is 65.2 Å². The molecule has 0 radical (unpaired) electrons. The van der Waals surface area contributed by atoms with Crippen molar-refractivity contribution in [2.45, 2.75) is 68.2 Å². The summed E-state index contributed by atoms with van der Waals surface area (Å²) < 4.78 is 50.3. The molecule has 0 aromatic rings. The Morgan fingerprint density at radius 3 is 1.05 bits per heavy atom. The van der Waals surface area contributed by atoms with Gasteiger partial charge in [-0.05, 0) is 54.4 Å². The van der Waals surface area contributed by atoms with Crippen molar-refractivity contribution in [2.75, 3.05) is 75.4 Å². The Hall–Kier alpha value is -0.880. The molecule has 252 valence electrons. The fraction of sp³-hybridized carbons (Fsp3) is 0.852. The molecule has 0 aliphatic rings. The maximum absolute atomic E-state index is 12.9. The van der Waals surface area contributed by atoms with E-state index in [0.717, 1.165) is 0 Å². The van der Waals surface area contributed by atoms with Gasteiger partial charge < -0.3 is 18.2 Å². The van der Waals surface area contributed by atoms with E-state index < -0.39 is 71.1 Å². The van der Waals surface area contributed by atoms with E-state index in [1.165, 1.54) is 19.6 Å². The Morgan fingerprint density at radius 2 is 0.744 bits per heavy atom. The van der Waals surface area contributed by atoms with Gasteiger partial charge in [-0.25, -0.2) is 19.2 Å². The standard InChI is InChI=1S/C27H52N4O8S4/c1-9-28(10-2)23(32)40(36)19-20-41(37)25(34)30(13-5)17-15-16-18-31(14-6)26(35)43(39)22-27(7,8)21-42(38)24(33)29(11-3)12-4/h9-22H2,1-8H3. The molecular weight excluding hydrogens is 637 g/mol. The predicted octanol–water partition coefficient (Wildman–Crippen LogP) is 3.60. The topological polar surface area (TPSA) is 173 Å². The first-order chi connectivity index (χ1) is 20.1. The van der Waals surface area contributed by atoms with Crippen molar-refractivity contribution < 1.29 is 37.4 Å². The molecule has 0 fully saturated rings. The third-order valence-corrected chi connectivity index (χ3v) is 12.8. The van der Waals surface area contributed by atoms with Gasteiger partial charge in [0.2, 0.25) is 0 Å². The van der Waals surface area contributed by atoms with E-state index in [1.54, 1.807) is 55.4 Å². The van der Waals surface area contributed by atoms with Gasteiger partial charge in [-0.2, -0.15) is 0 Å². The first kappa shape index (κ1) is 42.1. The van der Waals surface area contributed by atoms with Crippen LogP contribution in [-0.4, -0.2) is 134 Å². The zero-order valence-electron chi connectivity index (χ0n) is 27.1. The molecule has 0 aliphatic heterocycles. The summed E-state index contributed by atoms with van der Waals surface area (Å²) in [6.07, 6.45) is 1.03. The Bertz CT molecular complexity index is 865. The van der Waals surface area contributed by atoms with Crippen LogP contribution in [0.25, 0.3) is 0 Å². The highest BCUT2D eigenvalue weighted by Gasteiger charge is 2.39. The summed E-state index contributed by atoms with van der Waals surface area (Å²) in [4.78, 5) is 56.0. The fourth-order valence-electron chi connectivity index (χ4n) is 4.10. The Kier molecular flexibility index (Phi) is 21.3. The van der Waals surface area contributed by atoms with Gasteiger partial charge >= 0.3 is 21.0 Å². The first-order valence-corrected chi connectivity index (χ1v) is 20.1. The zero-order chi connectivity index (χ0) is 33.3. The van der Waals surface area contributed by atoms with Crippen LogP contribution >= 0.6 is 0 Å². The van der Waals surface area contributed by atoms with Crippen LogP contribution in [0.15, 0.2) is 0 Å². The molecule has 4 atom stereocenters. The molecule has 0 heterocycles. The van der Waals surface area contributed by atoms with Gasteiger partial charge in [-0.1, -0.05) is 13.8 Å². The number of carbonyl (C=O) groups excluding carboxylic acids is 4. The second-order valence-corrected chi connectivity index (χ2v) is 16.1. The van der Waals surface area contributed by atoms with E-state index >= 15 is 0 Å². The third kappa shape index (κ3) is 14.8. The lowest BCUT2D eigenvalue weighted by Crippen LogP contribution is -2.44. The molecular formula is C27H52N4O8S4. The van der Waals surface area contributed by atoms with E-state index in [4.69, 9.17) is 0 Å². The molecule has 0 aromatic heterocycles. The van der Waals surface area contributed by atoms with Gasteiger partial charge in [0.25, 0.3) is 0 Å². The molecule has 0 spiro atoms. The predicted molar refractivity (Wildman–Crippen MR) is 177 cm³/mol.